The smallest absolute Gasteiger partial charge is 0.306 e. The normalized spacial score (nSPS) is 26.2. The Balaban J connectivity index is 1.75. The molecule has 140 valence electrons. The number of nitrogens with zero attached hydrogens (tertiary/aromatic N) is 1. The Morgan fingerprint density at radius 1 is 1.38 bits per heavy atom. The van der Waals surface area contributed by atoms with Gasteiger partial charge in [-0.3, -0.25) is 19.7 Å². The molecule has 0 spiro atoms. The second-order valence-corrected chi connectivity index (χ2v) is 6.80. The Morgan fingerprint density at radius 2 is 2.08 bits per heavy atom. The van der Waals surface area contributed by atoms with Crippen LogP contribution in [0.25, 0.3) is 0 Å². The average Bonchev–Trinajstić information content (AvgIpc) is 2.58. The first kappa shape index (κ1) is 17.0. The maximum absolute atomic E-state index is 14.7. The number of imide groups is 1. The molecule has 2 fully saturated rings. The number of piperidine rings is 2. The largest absolute Gasteiger partial charge is 0.481 e. The molecule has 0 saturated carbocycles. The van der Waals surface area contributed by atoms with Crippen molar-refractivity contribution in [2.24, 2.45) is 0 Å². The molecule has 2 heterocycles. The van der Waals surface area contributed by atoms with E-state index in [1.54, 1.807) is 4.90 Å². The van der Waals surface area contributed by atoms with Gasteiger partial charge in [-0.1, -0.05) is 6.07 Å². The van der Waals surface area contributed by atoms with Crippen molar-refractivity contribution in [1.29, 1.82) is 0 Å². The fourth-order valence-electron chi connectivity index (χ4n) is 3.47. The highest BCUT2D eigenvalue weighted by Gasteiger charge is 2.35. The minimum absolute atomic E-state index is 0.0115. The Bertz CT molecular complexity index is 794. The van der Waals surface area contributed by atoms with Gasteiger partial charge in [0, 0.05) is 20.9 Å². The van der Waals surface area contributed by atoms with Crippen molar-refractivity contribution in [3.63, 3.8) is 0 Å². The average molecular weight is 365 g/mol. The predicted molar refractivity (Wildman–Crippen MR) is 90.2 cm³/mol. The monoisotopic (exact) mass is 365 g/mol. The van der Waals surface area contributed by atoms with Gasteiger partial charge in [0.25, 0.3) is 0 Å². The first-order valence-corrected chi connectivity index (χ1v) is 8.46. The zero-order chi connectivity index (χ0) is 19.8. The molecule has 26 heavy (non-hydrogen) atoms. The number of amides is 2. The fraction of sp³-hybridized carbons (Fsp3) is 0.500. The molecule has 1 atom stereocenters. The van der Waals surface area contributed by atoms with Crippen LogP contribution in [0.3, 0.4) is 0 Å². The second kappa shape index (κ2) is 7.03. The lowest BCUT2D eigenvalue weighted by atomic mass is 9.87. The van der Waals surface area contributed by atoms with Gasteiger partial charge in [0.15, 0.2) is 0 Å². The molecule has 1 unspecified atom stereocenters. The molecule has 8 heteroatoms. The summed E-state index contributed by atoms with van der Waals surface area (Å²) < 4.78 is 23.0. The molecule has 2 aliphatic rings. The summed E-state index contributed by atoms with van der Waals surface area (Å²) in [5.74, 6) is -4.60. The topological polar surface area (TPSA) is 107 Å². The highest BCUT2D eigenvalue weighted by molar-refractivity contribution is 6.00. The van der Waals surface area contributed by atoms with Crippen molar-refractivity contribution in [3.05, 3.63) is 29.6 Å². The Morgan fingerprint density at radius 3 is 2.65 bits per heavy atom. The van der Waals surface area contributed by atoms with Gasteiger partial charge in [-0.25, -0.2) is 4.39 Å². The van der Waals surface area contributed by atoms with Crippen LogP contribution in [-0.4, -0.2) is 46.7 Å². The van der Waals surface area contributed by atoms with Crippen molar-refractivity contribution in [2.75, 3.05) is 18.0 Å². The summed E-state index contributed by atoms with van der Waals surface area (Å²) in [7, 11) is 0. The molecule has 2 amide bonds. The SMILES string of the molecule is [2H]C1(c2ccc(N3CCC(O)(CC(=O)O)CC3)c(F)c2)CCC(=O)NC1=O. The summed E-state index contributed by atoms with van der Waals surface area (Å²) in [6.45, 7) is 0.585. The van der Waals surface area contributed by atoms with E-state index in [-0.39, 0.29) is 43.4 Å². The number of hydrogen-bond donors (Lipinski definition) is 3. The van der Waals surface area contributed by atoms with Crippen molar-refractivity contribution < 1.29 is 30.4 Å². The van der Waals surface area contributed by atoms with Crippen molar-refractivity contribution in [3.8, 4) is 0 Å². The third kappa shape index (κ3) is 3.85. The van der Waals surface area contributed by atoms with Gasteiger partial charge in [-0.15, -0.1) is 0 Å². The fourth-order valence-corrected chi connectivity index (χ4v) is 3.47. The molecule has 3 N–H and O–H groups in total. The van der Waals surface area contributed by atoms with Gasteiger partial charge in [-0.2, -0.15) is 0 Å². The molecule has 0 aromatic heterocycles. The number of benzene rings is 1. The summed E-state index contributed by atoms with van der Waals surface area (Å²) >= 11 is 0. The third-order valence-corrected chi connectivity index (χ3v) is 4.94. The number of carboxylic acid groups (broad SMARTS) is 1. The molecule has 0 bridgehead atoms. The number of aliphatic hydroxyl groups is 1. The molecular weight excluding hydrogens is 343 g/mol. The van der Waals surface area contributed by atoms with Crippen molar-refractivity contribution >= 4 is 23.5 Å². The Hall–Kier alpha value is -2.48. The molecule has 2 saturated heterocycles. The summed E-state index contributed by atoms with van der Waals surface area (Å²) in [6.07, 6.45) is 0.0630. The summed E-state index contributed by atoms with van der Waals surface area (Å²) in [5, 5.41) is 21.3. The van der Waals surface area contributed by atoms with Crippen LogP contribution in [0.5, 0.6) is 0 Å². The van der Waals surface area contributed by atoms with E-state index >= 15 is 0 Å². The minimum Gasteiger partial charge on any atom is -0.481 e. The minimum atomic E-state index is -1.71. The van der Waals surface area contributed by atoms with Crippen molar-refractivity contribution in [1.82, 2.24) is 5.32 Å². The standard InChI is InChI=1S/C18H21FN2O5/c19-13-9-11(12-2-4-15(22)20-17(12)25)1-3-14(13)21-7-5-18(26,6-8-21)10-16(23)24/h1,3,9,12,26H,2,4-8,10H2,(H,23,24)(H,20,22,25)/i12D. The predicted octanol–water partition coefficient (Wildman–Crippen LogP) is 1.15. The lowest BCUT2D eigenvalue weighted by molar-refractivity contribution is -0.143. The summed E-state index contributed by atoms with van der Waals surface area (Å²) in [6, 6.07) is 4.11. The Labute approximate surface area is 151 Å². The number of halogens is 1. The van der Waals surface area contributed by atoms with Gasteiger partial charge in [-0.05, 0) is 37.0 Å². The van der Waals surface area contributed by atoms with Gasteiger partial charge in [0.05, 0.1) is 23.6 Å². The molecule has 1 aromatic rings. The maximum atomic E-state index is 14.7. The highest BCUT2D eigenvalue weighted by Crippen LogP contribution is 2.32. The zero-order valence-corrected chi connectivity index (χ0v) is 14.1. The number of rotatable bonds is 4. The highest BCUT2D eigenvalue weighted by atomic mass is 19.1. The number of carbonyl (C=O) groups is 3. The number of aliphatic carboxylic acids is 1. The van der Waals surface area contributed by atoms with Crippen LogP contribution >= 0.6 is 0 Å². The molecule has 0 aliphatic carbocycles. The number of anilines is 1. The second-order valence-electron chi connectivity index (χ2n) is 6.80. The van der Waals surface area contributed by atoms with Gasteiger partial charge in [0.1, 0.15) is 5.82 Å². The summed E-state index contributed by atoms with van der Waals surface area (Å²) in [4.78, 5) is 35.9. The van der Waals surface area contributed by atoms with E-state index in [4.69, 9.17) is 6.48 Å². The van der Waals surface area contributed by atoms with E-state index in [0.29, 0.717) is 13.1 Å². The third-order valence-electron chi connectivity index (χ3n) is 4.94. The first-order valence-electron chi connectivity index (χ1n) is 8.96. The van der Waals surface area contributed by atoms with E-state index < -0.39 is 35.1 Å². The van der Waals surface area contributed by atoms with Crippen LogP contribution in [0.1, 0.15) is 44.9 Å². The number of hydrogen-bond acceptors (Lipinski definition) is 5. The van der Waals surface area contributed by atoms with Gasteiger partial charge in [0.2, 0.25) is 11.8 Å². The van der Waals surface area contributed by atoms with Crippen LogP contribution in [0, 0.1) is 5.82 Å². The van der Waals surface area contributed by atoms with Crippen molar-refractivity contribution in [2.45, 2.75) is 43.6 Å². The summed E-state index contributed by atoms with van der Waals surface area (Å²) in [5.41, 5.74) is -0.850. The molecular formula is C18H21FN2O5. The first-order chi connectivity index (χ1) is 12.6. The van der Waals surface area contributed by atoms with Crippen LogP contribution in [0.2, 0.25) is 0 Å². The van der Waals surface area contributed by atoms with Crippen LogP contribution in [0.4, 0.5) is 10.1 Å². The lowest BCUT2D eigenvalue weighted by Gasteiger charge is -2.38. The van der Waals surface area contributed by atoms with E-state index in [1.165, 1.54) is 12.1 Å². The quantitative estimate of drug-likeness (QED) is 0.691. The van der Waals surface area contributed by atoms with E-state index in [2.05, 4.69) is 5.32 Å². The number of carbonyl (C=O) groups excluding carboxylic acids is 2. The van der Waals surface area contributed by atoms with Crippen LogP contribution in [0.15, 0.2) is 18.2 Å². The Kier molecular flexibility index (Phi) is 4.58. The molecule has 3 rings (SSSR count). The van der Waals surface area contributed by atoms with Gasteiger partial charge >= 0.3 is 5.97 Å². The van der Waals surface area contributed by atoms with Crippen LogP contribution < -0.4 is 10.2 Å². The maximum Gasteiger partial charge on any atom is 0.306 e. The number of carboxylic acids is 1. The molecule has 7 nitrogen and oxygen atoms in total. The zero-order valence-electron chi connectivity index (χ0n) is 15.1. The molecule has 0 radical (unpaired) electrons. The van der Waals surface area contributed by atoms with E-state index in [9.17, 15) is 23.9 Å². The van der Waals surface area contributed by atoms with E-state index in [1.807, 2.05) is 0 Å². The lowest BCUT2D eigenvalue weighted by Crippen LogP contribution is -2.45. The molecule has 2 aliphatic heterocycles. The molecule has 1 aromatic carbocycles. The van der Waals surface area contributed by atoms with E-state index in [0.717, 1.165) is 6.07 Å². The number of nitrogens with one attached hydrogen (secondary N) is 1. The van der Waals surface area contributed by atoms with Gasteiger partial charge < -0.3 is 15.1 Å². The van der Waals surface area contributed by atoms with Crippen LogP contribution in [-0.2, 0) is 14.4 Å².